The lowest BCUT2D eigenvalue weighted by Crippen LogP contribution is -2.20. The molecule has 0 bridgehead atoms. The van der Waals surface area contributed by atoms with Gasteiger partial charge in [0, 0.05) is 16.2 Å². The lowest BCUT2D eigenvalue weighted by molar-refractivity contribution is -0.142. The van der Waals surface area contributed by atoms with Crippen molar-refractivity contribution in [3.63, 3.8) is 0 Å². The fourth-order valence-corrected chi connectivity index (χ4v) is 2.45. The van der Waals surface area contributed by atoms with Crippen LogP contribution in [0.25, 0.3) is 6.08 Å². The molecular formula is C19H15BrN2O3. The largest absolute Gasteiger partial charge is 0.452 e. The molecule has 0 unspecified atom stereocenters. The van der Waals surface area contributed by atoms with Crippen molar-refractivity contribution in [2.45, 2.75) is 6.92 Å². The zero-order valence-electron chi connectivity index (χ0n) is 13.5. The van der Waals surface area contributed by atoms with Crippen molar-refractivity contribution in [2.75, 3.05) is 11.9 Å². The van der Waals surface area contributed by atoms with E-state index in [1.54, 1.807) is 36.4 Å². The van der Waals surface area contributed by atoms with Crippen LogP contribution in [-0.4, -0.2) is 18.5 Å². The van der Waals surface area contributed by atoms with Crippen LogP contribution in [0.4, 0.5) is 5.69 Å². The molecule has 0 radical (unpaired) electrons. The molecule has 1 N–H and O–H groups in total. The second-order valence-electron chi connectivity index (χ2n) is 5.18. The zero-order chi connectivity index (χ0) is 18.2. The first-order valence-electron chi connectivity index (χ1n) is 7.39. The van der Waals surface area contributed by atoms with Gasteiger partial charge in [-0.1, -0.05) is 28.1 Å². The summed E-state index contributed by atoms with van der Waals surface area (Å²) in [5, 5.41) is 11.4. The van der Waals surface area contributed by atoms with Crippen LogP contribution in [0.1, 0.15) is 16.7 Å². The summed E-state index contributed by atoms with van der Waals surface area (Å²) < 4.78 is 5.83. The van der Waals surface area contributed by atoms with E-state index in [1.165, 1.54) is 6.08 Å². The van der Waals surface area contributed by atoms with Gasteiger partial charge in [-0.2, -0.15) is 5.26 Å². The second-order valence-corrected chi connectivity index (χ2v) is 6.10. The summed E-state index contributed by atoms with van der Waals surface area (Å²) >= 11 is 3.35. The summed E-state index contributed by atoms with van der Waals surface area (Å²) in [5.41, 5.74) is 2.86. The van der Waals surface area contributed by atoms with E-state index < -0.39 is 11.9 Å². The third-order valence-electron chi connectivity index (χ3n) is 3.26. The van der Waals surface area contributed by atoms with Gasteiger partial charge in [0.2, 0.25) is 0 Å². The maximum absolute atomic E-state index is 11.8. The van der Waals surface area contributed by atoms with Crippen LogP contribution in [0.3, 0.4) is 0 Å². The van der Waals surface area contributed by atoms with E-state index in [-0.39, 0.29) is 6.61 Å². The molecule has 0 aromatic heterocycles. The number of amides is 1. The van der Waals surface area contributed by atoms with Gasteiger partial charge in [0.05, 0.1) is 11.6 Å². The number of benzene rings is 2. The molecule has 2 aromatic carbocycles. The predicted molar refractivity (Wildman–Crippen MR) is 98.7 cm³/mol. The van der Waals surface area contributed by atoms with E-state index in [9.17, 15) is 9.59 Å². The first-order valence-corrected chi connectivity index (χ1v) is 8.18. The average molecular weight is 399 g/mol. The summed E-state index contributed by atoms with van der Waals surface area (Å²) in [6.07, 6.45) is 2.79. The number of carbonyl (C=O) groups excluding carboxylic acids is 2. The number of aryl methyl sites for hydroxylation is 1. The number of nitriles is 1. The quantitative estimate of drug-likeness (QED) is 0.612. The number of ether oxygens (including phenoxy) is 1. The average Bonchev–Trinajstić information content (AvgIpc) is 2.61. The molecule has 0 aliphatic heterocycles. The Morgan fingerprint density at radius 2 is 1.96 bits per heavy atom. The third kappa shape index (κ3) is 5.90. The fourth-order valence-electron chi connectivity index (χ4n) is 1.97. The number of carbonyl (C=O) groups is 2. The highest BCUT2D eigenvalue weighted by atomic mass is 79.9. The standard InChI is InChI=1S/C19H15BrN2O3/c1-13-10-16(20)7-8-17(13)22-18(23)12-25-19(24)9-6-14-2-4-15(11-21)5-3-14/h2-10H,12H2,1H3,(H,22,23)/b9-6+. The maximum Gasteiger partial charge on any atom is 0.331 e. The highest BCUT2D eigenvalue weighted by Gasteiger charge is 2.07. The highest BCUT2D eigenvalue weighted by molar-refractivity contribution is 9.10. The smallest absolute Gasteiger partial charge is 0.331 e. The summed E-state index contributed by atoms with van der Waals surface area (Å²) in [5.74, 6) is -1.03. The van der Waals surface area contributed by atoms with Gasteiger partial charge in [-0.3, -0.25) is 4.79 Å². The van der Waals surface area contributed by atoms with Crippen molar-refractivity contribution < 1.29 is 14.3 Å². The van der Waals surface area contributed by atoms with E-state index >= 15 is 0 Å². The van der Waals surface area contributed by atoms with Crippen LogP contribution in [0.15, 0.2) is 53.0 Å². The van der Waals surface area contributed by atoms with Gasteiger partial charge in [0.25, 0.3) is 5.91 Å². The van der Waals surface area contributed by atoms with Crippen LogP contribution in [-0.2, 0) is 14.3 Å². The number of nitrogens with zero attached hydrogens (tertiary/aromatic N) is 1. The number of hydrogen-bond acceptors (Lipinski definition) is 4. The van der Waals surface area contributed by atoms with Gasteiger partial charge in [-0.05, 0) is 54.5 Å². The van der Waals surface area contributed by atoms with Gasteiger partial charge < -0.3 is 10.1 Å². The van der Waals surface area contributed by atoms with Crippen molar-refractivity contribution in [1.82, 2.24) is 0 Å². The van der Waals surface area contributed by atoms with Crippen molar-refractivity contribution in [3.05, 3.63) is 69.7 Å². The molecule has 5 nitrogen and oxygen atoms in total. The Hall–Kier alpha value is -2.91. The Kier molecular flexibility index (Phi) is 6.49. The molecule has 0 heterocycles. The molecule has 1 amide bonds. The molecule has 0 aliphatic carbocycles. The molecule has 0 atom stereocenters. The molecule has 2 rings (SSSR count). The normalized spacial score (nSPS) is 10.3. The number of halogens is 1. The summed E-state index contributed by atoms with van der Waals surface area (Å²) in [7, 11) is 0. The lowest BCUT2D eigenvalue weighted by Gasteiger charge is -2.08. The summed E-state index contributed by atoms with van der Waals surface area (Å²) in [4.78, 5) is 23.5. The Balaban J connectivity index is 1.83. The lowest BCUT2D eigenvalue weighted by atomic mass is 10.1. The van der Waals surface area contributed by atoms with Crippen LogP contribution >= 0.6 is 15.9 Å². The minimum Gasteiger partial charge on any atom is -0.452 e. The predicted octanol–water partition coefficient (Wildman–Crippen LogP) is 3.82. The van der Waals surface area contributed by atoms with Crippen LogP contribution in [0.2, 0.25) is 0 Å². The minimum absolute atomic E-state index is 0.369. The monoisotopic (exact) mass is 398 g/mol. The molecule has 2 aromatic rings. The molecule has 25 heavy (non-hydrogen) atoms. The Labute approximate surface area is 154 Å². The van der Waals surface area contributed by atoms with Crippen molar-refractivity contribution in [2.24, 2.45) is 0 Å². The van der Waals surface area contributed by atoms with E-state index in [2.05, 4.69) is 21.2 Å². The van der Waals surface area contributed by atoms with Crippen molar-refractivity contribution >= 4 is 39.6 Å². The van der Waals surface area contributed by atoms with E-state index in [0.29, 0.717) is 11.3 Å². The Bertz CT molecular complexity index is 852. The highest BCUT2D eigenvalue weighted by Crippen LogP contribution is 2.19. The van der Waals surface area contributed by atoms with E-state index in [4.69, 9.17) is 10.00 Å². The molecule has 6 heteroatoms. The van der Waals surface area contributed by atoms with Gasteiger partial charge in [-0.15, -0.1) is 0 Å². The van der Waals surface area contributed by atoms with Gasteiger partial charge in [0.1, 0.15) is 0 Å². The van der Waals surface area contributed by atoms with E-state index in [1.807, 2.05) is 25.1 Å². The summed E-state index contributed by atoms with van der Waals surface area (Å²) in [6, 6.07) is 14.2. The Morgan fingerprint density at radius 3 is 2.60 bits per heavy atom. The number of hydrogen-bond donors (Lipinski definition) is 1. The first kappa shape index (κ1) is 18.4. The van der Waals surface area contributed by atoms with Gasteiger partial charge in [0.15, 0.2) is 6.61 Å². The zero-order valence-corrected chi connectivity index (χ0v) is 15.0. The minimum atomic E-state index is -0.618. The van der Waals surface area contributed by atoms with Gasteiger partial charge in [-0.25, -0.2) is 4.79 Å². The van der Waals surface area contributed by atoms with Crippen LogP contribution < -0.4 is 5.32 Å². The van der Waals surface area contributed by atoms with Gasteiger partial charge >= 0.3 is 5.97 Å². The number of anilines is 1. The SMILES string of the molecule is Cc1cc(Br)ccc1NC(=O)COC(=O)/C=C/c1ccc(C#N)cc1. The molecule has 0 saturated carbocycles. The maximum atomic E-state index is 11.8. The molecule has 126 valence electrons. The number of esters is 1. The molecular weight excluding hydrogens is 384 g/mol. The Morgan fingerprint density at radius 1 is 1.24 bits per heavy atom. The molecule has 0 aliphatic rings. The van der Waals surface area contributed by atoms with Crippen molar-refractivity contribution in [1.29, 1.82) is 5.26 Å². The third-order valence-corrected chi connectivity index (χ3v) is 3.75. The van der Waals surface area contributed by atoms with Crippen LogP contribution in [0, 0.1) is 18.3 Å². The second kappa shape index (κ2) is 8.81. The number of nitrogens with one attached hydrogen (secondary N) is 1. The molecule has 0 spiro atoms. The fraction of sp³-hybridized carbons (Fsp3) is 0.105. The molecule has 0 saturated heterocycles. The van der Waals surface area contributed by atoms with Crippen LogP contribution in [0.5, 0.6) is 0 Å². The molecule has 0 fully saturated rings. The summed E-state index contributed by atoms with van der Waals surface area (Å²) in [6.45, 7) is 1.50. The first-order chi connectivity index (χ1) is 12.0. The van der Waals surface area contributed by atoms with Crippen molar-refractivity contribution in [3.8, 4) is 6.07 Å². The topological polar surface area (TPSA) is 79.2 Å². The van der Waals surface area contributed by atoms with E-state index in [0.717, 1.165) is 15.6 Å². The number of rotatable bonds is 5.